The summed E-state index contributed by atoms with van der Waals surface area (Å²) < 4.78 is 27.5. The van der Waals surface area contributed by atoms with Crippen LogP contribution in [0, 0.1) is 0 Å². The molecule has 5 heteroatoms. The molecule has 0 radical (unpaired) electrons. The predicted molar refractivity (Wildman–Crippen MR) is 39.0 cm³/mol. The molecule has 0 bridgehead atoms. The molecule has 0 spiro atoms. The van der Waals surface area contributed by atoms with Gasteiger partial charge in [0.1, 0.15) is 6.61 Å². The van der Waals surface area contributed by atoms with Crippen LogP contribution in [0.25, 0.3) is 0 Å². The van der Waals surface area contributed by atoms with E-state index in [1.165, 1.54) is 0 Å². The minimum atomic E-state index is -2.41. The third-order valence-electron chi connectivity index (χ3n) is 1.03. The van der Waals surface area contributed by atoms with Crippen molar-refractivity contribution in [3.8, 4) is 0 Å². The molecule has 0 unspecified atom stereocenters. The fraction of sp³-hybridized carbons (Fsp3) is 0.833. The summed E-state index contributed by atoms with van der Waals surface area (Å²) in [5, 5.41) is 0. The van der Waals surface area contributed by atoms with Crippen molar-refractivity contribution in [2.45, 2.75) is 12.8 Å². The van der Waals surface area contributed by atoms with Gasteiger partial charge in [0.2, 0.25) is 0 Å². The van der Waals surface area contributed by atoms with E-state index in [-0.39, 0.29) is 6.61 Å². The maximum absolute atomic E-state index is 11.5. The molecule has 3 nitrogen and oxygen atoms in total. The first kappa shape index (κ1) is 10.3. The van der Waals surface area contributed by atoms with Crippen molar-refractivity contribution in [2.75, 3.05) is 20.3 Å². The van der Waals surface area contributed by atoms with Gasteiger partial charge in [-0.2, -0.15) is 0 Å². The number of hydrogen-bond acceptors (Lipinski definition) is 2. The van der Waals surface area contributed by atoms with Crippen LogP contribution in [0.5, 0.6) is 0 Å². The molecular formula is C6H12F2N2O. The zero-order valence-corrected chi connectivity index (χ0v) is 6.39. The molecule has 0 saturated carbocycles. The zero-order valence-electron chi connectivity index (χ0n) is 6.39. The van der Waals surface area contributed by atoms with Crippen molar-refractivity contribution in [3.63, 3.8) is 0 Å². The number of aliphatic imine (C=N–C) groups is 1. The second kappa shape index (κ2) is 6.03. The Kier molecular flexibility index (Phi) is 5.64. The van der Waals surface area contributed by atoms with Crippen LogP contribution in [0.2, 0.25) is 0 Å². The van der Waals surface area contributed by atoms with Gasteiger partial charge in [0.25, 0.3) is 6.43 Å². The highest BCUT2D eigenvalue weighted by molar-refractivity contribution is 5.80. The number of alkyl halides is 2. The lowest BCUT2D eigenvalue weighted by atomic mass is 10.4. The molecular weight excluding hydrogens is 154 g/mol. The molecule has 0 aromatic rings. The molecule has 0 aromatic carbocycles. The van der Waals surface area contributed by atoms with Crippen LogP contribution in [0.1, 0.15) is 6.42 Å². The van der Waals surface area contributed by atoms with E-state index in [2.05, 4.69) is 9.73 Å². The predicted octanol–water partition coefficient (Wildman–Crippen LogP) is 0.645. The Bertz CT molecular complexity index is 128. The van der Waals surface area contributed by atoms with E-state index >= 15 is 0 Å². The van der Waals surface area contributed by atoms with Gasteiger partial charge in [0.05, 0.1) is 12.4 Å². The van der Waals surface area contributed by atoms with Gasteiger partial charge in [-0.05, 0) is 0 Å². The molecule has 11 heavy (non-hydrogen) atoms. The quantitative estimate of drug-likeness (QED) is 0.370. The number of nitrogens with two attached hydrogens (primary N) is 1. The van der Waals surface area contributed by atoms with Gasteiger partial charge in [-0.1, -0.05) is 0 Å². The van der Waals surface area contributed by atoms with Crippen molar-refractivity contribution < 1.29 is 13.5 Å². The smallest absolute Gasteiger partial charge is 0.261 e. The molecule has 0 aliphatic rings. The third-order valence-corrected chi connectivity index (χ3v) is 1.03. The lowest BCUT2D eigenvalue weighted by molar-refractivity contribution is 0.0201. The maximum Gasteiger partial charge on any atom is 0.261 e. The van der Waals surface area contributed by atoms with E-state index < -0.39 is 13.0 Å². The Labute approximate surface area is 64.2 Å². The van der Waals surface area contributed by atoms with Crippen molar-refractivity contribution in [1.82, 2.24) is 0 Å². The lowest BCUT2D eigenvalue weighted by Crippen LogP contribution is -2.15. The molecule has 0 fully saturated rings. The highest BCUT2D eigenvalue weighted by Crippen LogP contribution is 1.93. The first-order chi connectivity index (χ1) is 5.16. The third kappa shape index (κ3) is 7.18. The van der Waals surface area contributed by atoms with Gasteiger partial charge in [0, 0.05) is 13.5 Å². The number of amidine groups is 1. The fourth-order valence-corrected chi connectivity index (χ4v) is 0.461. The van der Waals surface area contributed by atoms with Crippen LogP contribution in [0.3, 0.4) is 0 Å². The number of rotatable bonds is 5. The summed E-state index contributed by atoms with van der Waals surface area (Å²) in [5.74, 6) is 0.416. The van der Waals surface area contributed by atoms with Crippen molar-refractivity contribution in [2.24, 2.45) is 10.7 Å². The lowest BCUT2D eigenvalue weighted by Gasteiger charge is -2.01. The topological polar surface area (TPSA) is 47.6 Å². The SMILES string of the molecule is CN=C(N)CCOCC(F)F. The minimum absolute atomic E-state index is 0.202. The first-order valence-electron chi connectivity index (χ1n) is 3.24. The van der Waals surface area contributed by atoms with E-state index in [1.807, 2.05) is 0 Å². The van der Waals surface area contributed by atoms with E-state index in [0.29, 0.717) is 12.3 Å². The van der Waals surface area contributed by atoms with Crippen LogP contribution in [-0.4, -0.2) is 32.5 Å². The fourth-order valence-electron chi connectivity index (χ4n) is 0.461. The first-order valence-corrected chi connectivity index (χ1v) is 3.24. The van der Waals surface area contributed by atoms with Crippen molar-refractivity contribution >= 4 is 5.84 Å². The second-order valence-electron chi connectivity index (χ2n) is 1.93. The summed E-state index contributed by atoms with van der Waals surface area (Å²) in [6, 6.07) is 0. The standard InChI is InChI=1S/C6H12F2N2O/c1-10-6(9)2-3-11-4-5(7)8/h5H,2-4H2,1H3,(H2,9,10). The van der Waals surface area contributed by atoms with Gasteiger partial charge in [-0.3, -0.25) is 4.99 Å². The molecule has 0 amide bonds. The minimum Gasteiger partial charge on any atom is -0.387 e. The van der Waals surface area contributed by atoms with E-state index in [0.717, 1.165) is 0 Å². The van der Waals surface area contributed by atoms with Crippen molar-refractivity contribution in [3.05, 3.63) is 0 Å². The summed E-state index contributed by atoms with van der Waals surface area (Å²) in [6.07, 6.45) is -2.00. The Morgan fingerprint density at radius 3 is 2.73 bits per heavy atom. The van der Waals surface area contributed by atoms with Gasteiger partial charge < -0.3 is 10.5 Å². The van der Waals surface area contributed by atoms with Gasteiger partial charge in [0.15, 0.2) is 0 Å². The Balaban J connectivity index is 3.15. The average Bonchev–Trinajstić information content (AvgIpc) is 1.97. The molecule has 0 aliphatic carbocycles. The maximum atomic E-state index is 11.5. The van der Waals surface area contributed by atoms with E-state index in [9.17, 15) is 8.78 Å². The molecule has 2 N–H and O–H groups in total. The van der Waals surface area contributed by atoms with Crippen LogP contribution in [-0.2, 0) is 4.74 Å². The normalized spacial score (nSPS) is 12.5. The molecule has 0 aromatic heterocycles. The Morgan fingerprint density at radius 1 is 1.64 bits per heavy atom. The molecule has 0 aliphatic heterocycles. The number of hydrogen-bond donors (Lipinski definition) is 1. The Morgan fingerprint density at radius 2 is 2.27 bits per heavy atom. The summed E-state index contributed by atoms with van der Waals surface area (Å²) in [4.78, 5) is 3.63. The highest BCUT2D eigenvalue weighted by Gasteiger charge is 2.01. The van der Waals surface area contributed by atoms with Crippen LogP contribution in [0.15, 0.2) is 4.99 Å². The largest absolute Gasteiger partial charge is 0.387 e. The molecule has 0 heterocycles. The number of halogens is 2. The van der Waals surface area contributed by atoms with Crippen LogP contribution < -0.4 is 5.73 Å². The number of ether oxygens (including phenoxy) is 1. The monoisotopic (exact) mass is 166 g/mol. The summed E-state index contributed by atoms with van der Waals surface area (Å²) in [6.45, 7) is -0.329. The van der Waals surface area contributed by atoms with Crippen LogP contribution >= 0.6 is 0 Å². The summed E-state index contributed by atoms with van der Waals surface area (Å²) >= 11 is 0. The molecule has 0 rings (SSSR count). The van der Waals surface area contributed by atoms with Gasteiger partial charge in [-0.15, -0.1) is 0 Å². The summed E-state index contributed by atoms with van der Waals surface area (Å²) in [5.41, 5.74) is 5.27. The molecule has 0 atom stereocenters. The molecule has 0 saturated heterocycles. The van der Waals surface area contributed by atoms with E-state index in [4.69, 9.17) is 5.73 Å². The second-order valence-corrected chi connectivity index (χ2v) is 1.93. The van der Waals surface area contributed by atoms with Crippen LogP contribution in [0.4, 0.5) is 8.78 Å². The summed E-state index contributed by atoms with van der Waals surface area (Å²) in [7, 11) is 1.54. The average molecular weight is 166 g/mol. The van der Waals surface area contributed by atoms with E-state index in [1.54, 1.807) is 7.05 Å². The number of nitrogens with zero attached hydrogens (tertiary/aromatic N) is 1. The zero-order chi connectivity index (χ0) is 8.69. The highest BCUT2D eigenvalue weighted by atomic mass is 19.3. The Hall–Kier alpha value is -0.710. The van der Waals surface area contributed by atoms with Crippen molar-refractivity contribution in [1.29, 1.82) is 0 Å². The molecule has 66 valence electrons. The van der Waals surface area contributed by atoms with Gasteiger partial charge >= 0.3 is 0 Å². The van der Waals surface area contributed by atoms with Gasteiger partial charge in [-0.25, -0.2) is 8.78 Å².